The Balaban J connectivity index is 2.35. The largest absolute Gasteiger partial charge is 0.393 e. The van der Waals surface area contributed by atoms with Crippen LogP contribution in [-0.2, 0) is 4.74 Å². The van der Waals surface area contributed by atoms with Gasteiger partial charge in [0.05, 0.1) is 12.7 Å². The topological polar surface area (TPSA) is 32.7 Å². The lowest BCUT2D eigenvalue weighted by Gasteiger charge is -2.33. The summed E-state index contributed by atoms with van der Waals surface area (Å²) < 4.78 is 5.42. The molecule has 90 valence electrons. The van der Waals surface area contributed by atoms with Crippen LogP contribution in [0.2, 0.25) is 0 Å². The van der Waals surface area contributed by atoms with Crippen LogP contribution in [0, 0.1) is 11.8 Å². The van der Waals surface area contributed by atoms with Crippen molar-refractivity contribution in [2.24, 2.45) is 11.8 Å². The van der Waals surface area contributed by atoms with Gasteiger partial charge in [-0.1, -0.05) is 20.8 Å². The zero-order chi connectivity index (χ0) is 11.3. The molecule has 1 N–H and O–H groups in total. The summed E-state index contributed by atoms with van der Waals surface area (Å²) in [5, 5.41) is 9.84. The molecule has 0 saturated carbocycles. The fourth-order valence-electron chi connectivity index (χ4n) is 2.14. The molecule has 0 aromatic carbocycles. The molecule has 0 radical (unpaired) electrons. The van der Waals surface area contributed by atoms with Crippen LogP contribution in [0.1, 0.15) is 27.2 Å². The highest BCUT2D eigenvalue weighted by Crippen LogP contribution is 2.16. The van der Waals surface area contributed by atoms with E-state index in [-0.39, 0.29) is 6.10 Å². The second-order valence-electron chi connectivity index (χ2n) is 4.94. The first-order valence-electron chi connectivity index (χ1n) is 6.11. The van der Waals surface area contributed by atoms with Crippen molar-refractivity contribution in [3.63, 3.8) is 0 Å². The standard InChI is InChI=1S/C12H25NO2/c1-4-13(7-10(2)3)8-11-9-15-6-5-12(11)14/h10-12,14H,4-9H2,1-3H3. The average molecular weight is 215 g/mol. The highest BCUT2D eigenvalue weighted by atomic mass is 16.5. The molecule has 1 aliphatic heterocycles. The van der Waals surface area contributed by atoms with E-state index in [0.29, 0.717) is 18.4 Å². The van der Waals surface area contributed by atoms with Crippen LogP contribution in [0.5, 0.6) is 0 Å². The summed E-state index contributed by atoms with van der Waals surface area (Å²) in [7, 11) is 0. The molecule has 3 heteroatoms. The normalized spacial score (nSPS) is 27.6. The van der Waals surface area contributed by atoms with E-state index in [1.54, 1.807) is 0 Å². The van der Waals surface area contributed by atoms with Gasteiger partial charge >= 0.3 is 0 Å². The molecule has 3 nitrogen and oxygen atoms in total. The van der Waals surface area contributed by atoms with E-state index in [2.05, 4.69) is 25.7 Å². The second-order valence-corrected chi connectivity index (χ2v) is 4.94. The van der Waals surface area contributed by atoms with Crippen LogP contribution < -0.4 is 0 Å². The highest BCUT2D eigenvalue weighted by Gasteiger charge is 2.25. The minimum absolute atomic E-state index is 0.167. The van der Waals surface area contributed by atoms with E-state index in [4.69, 9.17) is 4.74 Å². The quantitative estimate of drug-likeness (QED) is 0.751. The number of aliphatic hydroxyl groups is 1. The Morgan fingerprint density at radius 3 is 2.73 bits per heavy atom. The molecule has 0 bridgehead atoms. The molecule has 1 saturated heterocycles. The van der Waals surface area contributed by atoms with Gasteiger partial charge in [-0.3, -0.25) is 0 Å². The van der Waals surface area contributed by atoms with Gasteiger partial charge in [0, 0.05) is 25.6 Å². The number of nitrogens with zero attached hydrogens (tertiary/aromatic N) is 1. The Hall–Kier alpha value is -0.120. The van der Waals surface area contributed by atoms with Crippen molar-refractivity contribution in [1.29, 1.82) is 0 Å². The van der Waals surface area contributed by atoms with Crippen molar-refractivity contribution < 1.29 is 9.84 Å². The molecule has 1 heterocycles. The number of aliphatic hydroxyl groups excluding tert-OH is 1. The maximum absolute atomic E-state index is 9.84. The van der Waals surface area contributed by atoms with Crippen molar-refractivity contribution in [3.8, 4) is 0 Å². The minimum atomic E-state index is -0.167. The van der Waals surface area contributed by atoms with E-state index in [0.717, 1.165) is 32.7 Å². The molecule has 1 aliphatic rings. The molecular weight excluding hydrogens is 190 g/mol. The highest BCUT2D eigenvalue weighted by molar-refractivity contribution is 4.76. The third-order valence-corrected chi connectivity index (χ3v) is 3.00. The molecule has 0 aliphatic carbocycles. The van der Waals surface area contributed by atoms with Gasteiger partial charge in [0.1, 0.15) is 0 Å². The Bertz CT molecular complexity index is 173. The van der Waals surface area contributed by atoms with Gasteiger partial charge in [0.15, 0.2) is 0 Å². The molecule has 0 spiro atoms. The zero-order valence-corrected chi connectivity index (χ0v) is 10.3. The average Bonchev–Trinajstić information content (AvgIpc) is 2.19. The van der Waals surface area contributed by atoms with Crippen LogP contribution in [-0.4, -0.2) is 49.0 Å². The van der Waals surface area contributed by atoms with Crippen molar-refractivity contribution in [3.05, 3.63) is 0 Å². The third kappa shape index (κ3) is 4.49. The van der Waals surface area contributed by atoms with Gasteiger partial charge in [-0.2, -0.15) is 0 Å². The van der Waals surface area contributed by atoms with Crippen LogP contribution in [0.25, 0.3) is 0 Å². The summed E-state index contributed by atoms with van der Waals surface area (Å²) in [6, 6.07) is 0. The molecule has 15 heavy (non-hydrogen) atoms. The number of rotatable bonds is 5. The monoisotopic (exact) mass is 215 g/mol. The number of ether oxygens (including phenoxy) is 1. The molecule has 0 aromatic heterocycles. The maximum atomic E-state index is 9.84. The molecule has 0 aromatic rings. The number of hydrogen-bond acceptors (Lipinski definition) is 3. The fourth-order valence-corrected chi connectivity index (χ4v) is 2.14. The van der Waals surface area contributed by atoms with Crippen molar-refractivity contribution >= 4 is 0 Å². The fraction of sp³-hybridized carbons (Fsp3) is 1.00. The Morgan fingerprint density at radius 2 is 2.20 bits per heavy atom. The smallest absolute Gasteiger partial charge is 0.0624 e. The summed E-state index contributed by atoms with van der Waals surface area (Å²) in [6.45, 7) is 11.2. The number of hydrogen-bond donors (Lipinski definition) is 1. The lowest BCUT2D eigenvalue weighted by atomic mass is 9.98. The minimum Gasteiger partial charge on any atom is -0.393 e. The molecule has 1 fully saturated rings. The van der Waals surface area contributed by atoms with Crippen LogP contribution >= 0.6 is 0 Å². The lowest BCUT2D eigenvalue weighted by Crippen LogP contribution is -2.42. The van der Waals surface area contributed by atoms with Gasteiger partial charge in [0.2, 0.25) is 0 Å². The van der Waals surface area contributed by atoms with Gasteiger partial charge in [0.25, 0.3) is 0 Å². The Morgan fingerprint density at radius 1 is 1.47 bits per heavy atom. The molecule has 2 unspecified atom stereocenters. The third-order valence-electron chi connectivity index (χ3n) is 3.00. The molecule has 0 amide bonds. The SMILES string of the molecule is CCN(CC(C)C)CC1COCCC1O. The summed E-state index contributed by atoms with van der Waals surface area (Å²) in [6.07, 6.45) is 0.629. The van der Waals surface area contributed by atoms with E-state index in [1.807, 2.05) is 0 Å². The van der Waals surface area contributed by atoms with E-state index < -0.39 is 0 Å². The van der Waals surface area contributed by atoms with Crippen LogP contribution in [0.3, 0.4) is 0 Å². The van der Waals surface area contributed by atoms with E-state index >= 15 is 0 Å². The molecule has 1 rings (SSSR count). The van der Waals surface area contributed by atoms with Crippen molar-refractivity contribution in [1.82, 2.24) is 4.90 Å². The van der Waals surface area contributed by atoms with Crippen LogP contribution in [0.4, 0.5) is 0 Å². The zero-order valence-electron chi connectivity index (χ0n) is 10.3. The first-order valence-corrected chi connectivity index (χ1v) is 6.11. The lowest BCUT2D eigenvalue weighted by molar-refractivity contribution is -0.0469. The van der Waals surface area contributed by atoms with Gasteiger partial charge in [-0.25, -0.2) is 0 Å². The summed E-state index contributed by atoms with van der Waals surface area (Å²) >= 11 is 0. The van der Waals surface area contributed by atoms with Gasteiger partial charge in [-0.05, 0) is 18.9 Å². The molecule has 2 atom stereocenters. The summed E-state index contributed by atoms with van der Waals surface area (Å²) in [4.78, 5) is 2.41. The molecular formula is C12H25NO2. The summed E-state index contributed by atoms with van der Waals surface area (Å²) in [5.74, 6) is 0.990. The Labute approximate surface area is 93.4 Å². The first kappa shape index (κ1) is 12.9. The van der Waals surface area contributed by atoms with Crippen molar-refractivity contribution in [2.75, 3.05) is 32.8 Å². The predicted molar refractivity (Wildman–Crippen MR) is 61.9 cm³/mol. The van der Waals surface area contributed by atoms with E-state index in [9.17, 15) is 5.11 Å². The van der Waals surface area contributed by atoms with E-state index in [1.165, 1.54) is 0 Å². The van der Waals surface area contributed by atoms with Crippen molar-refractivity contribution in [2.45, 2.75) is 33.3 Å². The maximum Gasteiger partial charge on any atom is 0.0624 e. The van der Waals surface area contributed by atoms with Gasteiger partial charge in [-0.15, -0.1) is 0 Å². The van der Waals surface area contributed by atoms with Crippen LogP contribution in [0.15, 0.2) is 0 Å². The predicted octanol–water partition coefficient (Wildman–Crippen LogP) is 1.36. The first-order chi connectivity index (χ1) is 7.13. The Kier molecular flexibility index (Phi) is 5.58. The second kappa shape index (κ2) is 6.46. The van der Waals surface area contributed by atoms with Gasteiger partial charge < -0.3 is 14.7 Å². The summed E-state index contributed by atoms with van der Waals surface area (Å²) in [5.41, 5.74) is 0.